The van der Waals surface area contributed by atoms with E-state index in [9.17, 15) is 14.9 Å². The Morgan fingerprint density at radius 1 is 1.50 bits per heavy atom. The molecule has 2 aromatic heterocycles. The summed E-state index contributed by atoms with van der Waals surface area (Å²) in [5.74, 6) is -0.609. The van der Waals surface area contributed by atoms with Gasteiger partial charge in [-0.1, -0.05) is 24.3 Å². The molecule has 1 aromatic carbocycles. The summed E-state index contributed by atoms with van der Waals surface area (Å²) in [5, 5.41) is 17.9. The molecule has 2 heterocycles. The number of aryl methyl sites for hydroxylation is 1. The molecule has 0 aliphatic heterocycles. The normalized spacial score (nSPS) is 12.2. The van der Waals surface area contributed by atoms with Crippen molar-refractivity contribution in [1.29, 1.82) is 0 Å². The highest BCUT2D eigenvalue weighted by atomic mass is 32.1. The van der Waals surface area contributed by atoms with Crippen molar-refractivity contribution in [3.8, 4) is 0 Å². The summed E-state index contributed by atoms with van der Waals surface area (Å²) in [6.07, 6.45) is 2.48. The van der Waals surface area contributed by atoms with E-state index >= 15 is 0 Å². The maximum Gasteiger partial charge on any atom is 0.306 e. The van der Waals surface area contributed by atoms with Gasteiger partial charge in [0.25, 0.3) is 0 Å². The lowest BCUT2D eigenvalue weighted by Gasteiger charge is -2.10. The van der Waals surface area contributed by atoms with E-state index in [1.54, 1.807) is 6.92 Å². The van der Waals surface area contributed by atoms with E-state index in [0.717, 1.165) is 15.8 Å². The second-order valence-corrected chi connectivity index (χ2v) is 6.59. The maximum atomic E-state index is 12.3. The Bertz CT molecular complexity index is 917. The second kappa shape index (κ2) is 6.36. The Morgan fingerprint density at radius 3 is 3.00 bits per heavy atom. The molecule has 9 heteroatoms. The molecular weight excluding hydrogens is 330 g/mol. The number of carbonyl (C=O) groups excluding carboxylic acids is 1. The first-order chi connectivity index (χ1) is 11.4. The van der Waals surface area contributed by atoms with Gasteiger partial charge in [-0.25, -0.2) is 4.98 Å². The van der Waals surface area contributed by atoms with Crippen molar-refractivity contribution in [2.75, 3.05) is 5.32 Å². The van der Waals surface area contributed by atoms with Crippen LogP contribution in [-0.2, 0) is 11.3 Å². The van der Waals surface area contributed by atoms with Crippen LogP contribution < -0.4 is 5.32 Å². The summed E-state index contributed by atoms with van der Waals surface area (Å²) in [6.45, 7) is 3.99. The van der Waals surface area contributed by atoms with E-state index < -0.39 is 10.8 Å². The van der Waals surface area contributed by atoms with Crippen LogP contribution >= 0.6 is 11.3 Å². The summed E-state index contributed by atoms with van der Waals surface area (Å²) in [7, 11) is 0. The number of nitrogens with one attached hydrogen (secondary N) is 1. The molecular formula is C15H15N5O3S. The van der Waals surface area contributed by atoms with Crippen LogP contribution in [0.1, 0.15) is 12.5 Å². The van der Waals surface area contributed by atoms with Gasteiger partial charge >= 0.3 is 5.69 Å². The zero-order valence-electron chi connectivity index (χ0n) is 13.1. The number of benzene rings is 1. The average molecular weight is 345 g/mol. The molecule has 3 rings (SSSR count). The molecule has 0 bridgehead atoms. The topological polar surface area (TPSA) is 103 Å². The number of nitrogens with zero attached hydrogens (tertiary/aromatic N) is 4. The largest absolute Gasteiger partial charge is 0.306 e. The Morgan fingerprint density at radius 2 is 2.29 bits per heavy atom. The van der Waals surface area contributed by atoms with Crippen molar-refractivity contribution in [1.82, 2.24) is 14.8 Å². The molecule has 3 aromatic rings. The van der Waals surface area contributed by atoms with Crippen LogP contribution in [0.25, 0.3) is 10.2 Å². The molecule has 1 amide bonds. The highest BCUT2D eigenvalue weighted by Gasteiger charge is 2.18. The molecule has 1 atom stereocenters. The van der Waals surface area contributed by atoms with E-state index in [1.807, 2.05) is 25.1 Å². The molecule has 0 unspecified atom stereocenters. The summed E-state index contributed by atoms with van der Waals surface area (Å²) in [6, 6.07) is 5.92. The number of amides is 1. The van der Waals surface area contributed by atoms with Crippen LogP contribution in [0.5, 0.6) is 0 Å². The molecule has 1 N–H and O–H groups in total. The zero-order valence-corrected chi connectivity index (χ0v) is 13.9. The number of anilines is 1. The van der Waals surface area contributed by atoms with Crippen molar-refractivity contribution in [2.24, 2.45) is 5.92 Å². The van der Waals surface area contributed by atoms with Gasteiger partial charge in [-0.15, -0.1) is 0 Å². The zero-order chi connectivity index (χ0) is 17.3. The van der Waals surface area contributed by atoms with Crippen LogP contribution in [-0.4, -0.2) is 25.6 Å². The fourth-order valence-electron chi connectivity index (χ4n) is 2.22. The number of nitro groups is 1. The molecule has 0 saturated carbocycles. The van der Waals surface area contributed by atoms with Crippen LogP contribution in [0, 0.1) is 23.0 Å². The van der Waals surface area contributed by atoms with Gasteiger partial charge in [-0.3, -0.25) is 19.6 Å². The molecule has 0 aliphatic rings. The summed E-state index contributed by atoms with van der Waals surface area (Å²) in [5.41, 5.74) is 1.89. The molecule has 0 radical (unpaired) electrons. The Labute approximate surface area is 141 Å². The first-order valence-corrected chi connectivity index (χ1v) is 8.09. The predicted molar refractivity (Wildman–Crippen MR) is 91.0 cm³/mol. The average Bonchev–Trinajstić information content (AvgIpc) is 3.13. The minimum atomic E-state index is -0.517. The third kappa shape index (κ3) is 3.40. The number of thiazole rings is 1. The van der Waals surface area contributed by atoms with E-state index in [0.29, 0.717) is 5.13 Å². The number of aromatic nitrogens is 3. The molecule has 24 heavy (non-hydrogen) atoms. The summed E-state index contributed by atoms with van der Waals surface area (Å²) < 4.78 is 2.41. The molecule has 124 valence electrons. The first kappa shape index (κ1) is 16.1. The molecule has 0 aliphatic carbocycles. The minimum absolute atomic E-state index is 0.0934. The van der Waals surface area contributed by atoms with Crippen molar-refractivity contribution >= 4 is 38.3 Å². The highest BCUT2D eigenvalue weighted by Crippen LogP contribution is 2.27. The van der Waals surface area contributed by atoms with Gasteiger partial charge in [0.2, 0.25) is 5.91 Å². The molecule has 0 spiro atoms. The second-order valence-electron chi connectivity index (χ2n) is 5.56. The maximum absolute atomic E-state index is 12.3. The Balaban J connectivity index is 1.67. The Kier molecular flexibility index (Phi) is 4.26. The SMILES string of the molecule is Cc1ccc2nc(NC(=O)[C@H](C)Cn3cc([N+](=O)[O-])cn3)sc2c1. The van der Waals surface area contributed by atoms with Crippen LogP contribution in [0.4, 0.5) is 10.8 Å². The van der Waals surface area contributed by atoms with Crippen LogP contribution in [0.15, 0.2) is 30.6 Å². The number of fused-ring (bicyclic) bond motifs is 1. The van der Waals surface area contributed by atoms with E-state index in [-0.39, 0.29) is 18.1 Å². The smallest absolute Gasteiger partial charge is 0.302 e. The number of rotatable bonds is 5. The third-order valence-electron chi connectivity index (χ3n) is 3.51. The quantitative estimate of drug-likeness (QED) is 0.565. The van der Waals surface area contributed by atoms with E-state index in [2.05, 4.69) is 15.4 Å². The van der Waals surface area contributed by atoms with Gasteiger partial charge in [-0.05, 0) is 24.6 Å². The van der Waals surface area contributed by atoms with Crippen molar-refractivity contribution in [2.45, 2.75) is 20.4 Å². The minimum Gasteiger partial charge on any atom is -0.302 e. The number of hydrogen-bond acceptors (Lipinski definition) is 6. The lowest BCUT2D eigenvalue weighted by molar-refractivity contribution is -0.385. The van der Waals surface area contributed by atoms with Gasteiger partial charge in [0.05, 0.1) is 27.6 Å². The predicted octanol–water partition coefficient (Wildman–Crippen LogP) is 2.98. The lowest BCUT2D eigenvalue weighted by atomic mass is 10.1. The standard InChI is InChI=1S/C15H15N5O3S/c1-9-3-4-12-13(5-9)24-15(17-12)18-14(21)10(2)7-19-8-11(6-16-19)20(22)23/h3-6,8,10H,7H2,1-2H3,(H,17,18,21)/t10-/m1/s1. The first-order valence-electron chi connectivity index (χ1n) is 7.27. The van der Waals surface area contributed by atoms with Crippen molar-refractivity contribution in [3.05, 3.63) is 46.3 Å². The van der Waals surface area contributed by atoms with Gasteiger partial charge < -0.3 is 5.32 Å². The molecule has 8 nitrogen and oxygen atoms in total. The molecule has 0 saturated heterocycles. The summed E-state index contributed by atoms with van der Waals surface area (Å²) in [4.78, 5) is 26.8. The van der Waals surface area contributed by atoms with Crippen molar-refractivity contribution in [3.63, 3.8) is 0 Å². The fourth-order valence-corrected chi connectivity index (χ4v) is 3.19. The van der Waals surface area contributed by atoms with E-state index in [4.69, 9.17) is 0 Å². The summed E-state index contributed by atoms with van der Waals surface area (Å²) >= 11 is 1.42. The third-order valence-corrected chi connectivity index (χ3v) is 4.45. The lowest BCUT2D eigenvalue weighted by Crippen LogP contribution is -2.24. The monoisotopic (exact) mass is 345 g/mol. The highest BCUT2D eigenvalue weighted by molar-refractivity contribution is 7.22. The van der Waals surface area contributed by atoms with Gasteiger partial charge in [-0.2, -0.15) is 5.10 Å². The van der Waals surface area contributed by atoms with Crippen molar-refractivity contribution < 1.29 is 9.72 Å². The van der Waals surface area contributed by atoms with Crippen LogP contribution in [0.3, 0.4) is 0 Å². The Hall–Kier alpha value is -2.81. The van der Waals surface area contributed by atoms with Gasteiger partial charge in [0, 0.05) is 0 Å². The number of hydrogen-bond donors (Lipinski definition) is 1. The fraction of sp³-hybridized carbons (Fsp3) is 0.267. The molecule has 0 fully saturated rings. The number of carbonyl (C=O) groups is 1. The van der Waals surface area contributed by atoms with E-state index in [1.165, 1.54) is 28.4 Å². The van der Waals surface area contributed by atoms with Crippen LogP contribution in [0.2, 0.25) is 0 Å². The van der Waals surface area contributed by atoms with Gasteiger partial charge in [0.1, 0.15) is 12.4 Å². The van der Waals surface area contributed by atoms with Gasteiger partial charge in [0.15, 0.2) is 5.13 Å².